The Morgan fingerprint density at radius 2 is 2.20 bits per heavy atom. The summed E-state index contributed by atoms with van der Waals surface area (Å²) in [7, 11) is 0. The minimum atomic E-state index is -0.441. The number of nitrogens with zero attached hydrogens (tertiary/aromatic N) is 3. The van der Waals surface area contributed by atoms with Gasteiger partial charge in [-0.2, -0.15) is 0 Å². The van der Waals surface area contributed by atoms with Gasteiger partial charge < -0.3 is 10.6 Å². The quantitative estimate of drug-likeness (QED) is 0.655. The molecule has 0 radical (unpaired) electrons. The standard InChI is InChI=1S/C12H12ClFN4OS/c1-8(13)7-20-12-17-16-11(18(12)15)6-19-10-5-3-2-4-9(10)14/h2-5H,1,6-7,15H2. The van der Waals surface area contributed by atoms with E-state index in [0.29, 0.717) is 21.8 Å². The number of rotatable bonds is 6. The summed E-state index contributed by atoms with van der Waals surface area (Å²) in [4.78, 5) is 0. The second kappa shape index (κ2) is 6.62. The van der Waals surface area contributed by atoms with E-state index in [2.05, 4.69) is 16.8 Å². The highest BCUT2D eigenvalue weighted by molar-refractivity contribution is 7.99. The number of hydrogen-bond acceptors (Lipinski definition) is 5. The number of aromatic nitrogens is 3. The molecule has 1 aromatic carbocycles. The summed E-state index contributed by atoms with van der Waals surface area (Å²) in [5, 5.41) is 8.76. The first-order chi connectivity index (χ1) is 9.58. The summed E-state index contributed by atoms with van der Waals surface area (Å²) < 4.78 is 20.0. The van der Waals surface area contributed by atoms with E-state index < -0.39 is 5.82 Å². The zero-order valence-corrected chi connectivity index (χ0v) is 12.0. The number of benzene rings is 1. The Hall–Kier alpha value is -1.73. The van der Waals surface area contributed by atoms with Gasteiger partial charge >= 0.3 is 0 Å². The van der Waals surface area contributed by atoms with Crippen molar-refractivity contribution >= 4 is 23.4 Å². The molecule has 2 aromatic rings. The lowest BCUT2D eigenvalue weighted by atomic mass is 10.3. The largest absolute Gasteiger partial charge is 0.482 e. The van der Waals surface area contributed by atoms with Gasteiger partial charge in [-0.1, -0.05) is 42.1 Å². The number of hydrogen-bond donors (Lipinski definition) is 1. The molecule has 0 fully saturated rings. The van der Waals surface area contributed by atoms with Crippen molar-refractivity contribution in [3.05, 3.63) is 47.5 Å². The predicted octanol–water partition coefficient (Wildman–Crippen LogP) is 2.55. The van der Waals surface area contributed by atoms with Gasteiger partial charge in [0.25, 0.3) is 0 Å². The van der Waals surface area contributed by atoms with E-state index >= 15 is 0 Å². The maximum Gasteiger partial charge on any atom is 0.210 e. The third kappa shape index (κ3) is 3.64. The van der Waals surface area contributed by atoms with E-state index in [1.165, 1.54) is 28.6 Å². The second-order valence-corrected chi connectivity index (χ2v) is 5.27. The Morgan fingerprint density at radius 1 is 1.45 bits per heavy atom. The molecule has 20 heavy (non-hydrogen) atoms. The number of nitrogens with two attached hydrogens (primary N) is 1. The average Bonchev–Trinajstić information content (AvgIpc) is 2.76. The van der Waals surface area contributed by atoms with E-state index in [-0.39, 0.29) is 12.4 Å². The number of ether oxygens (including phenoxy) is 1. The molecule has 0 saturated heterocycles. The van der Waals surface area contributed by atoms with Crippen LogP contribution in [0.3, 0.4) is 0 Å². The summed E-state index contributed by atoms with van der Waals surface area (Å²) in [6.45, 7) is 3.59. The molecule has 0 aliphatic heterocycles. The van der Waals surface area contributed by atoms with Gasteiger partial charge in [-0.05, 0) is 12.1 Å². The van der Waals surface area contributed by atoms with Gasteiger partial charge in [-0.15, -0.1) is 10.2 Å². The molecule has 2 N–H and O–H groups in total. The Labute approximate surface area is 124 Å². The van der Waals surface area contributed by atoms with Gasteiger partial charge in [-0.3, -0.25) is 0 Å². The maximum atomic E-state index is 13.4. The van der Waals surface area contributed by atoms with E-state index in [4.69, 9.17) is 22.2 Å². The van der Waals surface area contributed by atoms with Crippen LogP contribution in [-0.2, 0) is 6.61 Å². The maximum absolute atomic E-state index is 13.4. The SMILES string of the molecule is C=C(Cl)CSc1nnc(COc2ccccc2F)n1N. The fraction of sp³-hybridized carbons (Fsp3) is 0.167. The molecule has 8 heteroatoms. The first-order valence-electron chi connectivity index (χ1n) is 5.60. The molecular weight excluding hydrogens is 303 g/mol. The van der Waals surface area contributed by atoms with Gasteiger partial charge in [0.1, 0.15) is 6.61 Å². The molecule has 0 atom stereocenters. The summed E-state index contributed by atoms with van der Waals surface area (Å²) >= 11 is 6.97. The molecule has 0 unspecified atom stereocenters. The van der Waals surface area contributed by atoms with Crippen LogP contribution in [0.25, 0.3) is 0 Å². The summed E-state index contributed by atoms with van der Waals surface area (Å²) in [5.74, 6) is 6.38. The summed E-state index contributed by atoms with van der Waals surface area (Å²) in [6, 6.07) is 6.11. The van der Waals surface area contributed by atoms with Crippen LogP contribution in [0.2, 0.25) is 0 Å². The van der Waals surface area contributed by atoms with Crippen molar-refractivity contribution in [1.82, 2.24) is 14.9 Å². The molecule has 2 rings (SSSR count). The molecule has 0 saturated carbocycles. The van der Waals surface area contributed by atoms with E-state index in [9.17, 15) is 4.39 Å². The number of para-hydroxylation sites is 1. The lowest BCUT2D eigenvalue weighted by Gasteiger charge is -2.06. The highest BCUT2D eigenvalue weighted by Gasteiger charge is 2.12. The summed E-state index contributed by atoms with van der Waals surface area (Å²) in [6.07, 6.45) is 0. The van der Waals surface area contributed by atoms with Crippen molar-refractivity contribution in [3.63, 3.8) is 0 Å². The first kappa shape index (κ1) is 14.7. The Bertz CT molecular complexity index is 619. The predicted molar refractivity (Wildman–Crippen MR) is 76.6 cm³/mol. The first-order valence-corrected chi connectivity index (χ1v) is 6.97. The van der Waals surface area contributed by atoms with Crippen molar-refractivity contribution in [1.29, 1.82) is 0 Å². The van der Waals surface area contributed by atoms with Crippen LogP contribution >= 0.6 is 23.4 Å². The molecule has 106 valence electrons. The Balaban J connectivity index is 2.00. The fourth-order valence-corrected chi connectivity index (χ4v) is 2.14. The minimum absolute atomic E-state index is 0.0206. The highest BCUT2D eigenvalue weighted by Crippen LogP contribution is 2.20. The van der Waals surface area contributed by atoms with Crippen LogP contribution in [-0.4, -0.2) is 20.6 Å². The lowest BCUT2D eigenvalue weighted by molar-refractivity contribution is 0.277. The Kier molecular flexibility index (Phi) is 4.86. The molecular formula is C12H12ClFN4OS. The zero-order chi connectivity index (χ0) is 14.5. The molecule has 0 amide bonds. The topological polar surface area (TPSA) is 66.0 Å². The van der Waals surface area contributed by atoms with Crippen molar-refractivity contribution in [3.8, 4) is 5.75 Å². The molecule has 0 spiro atoms. The van der Waals surface area contributed by atoms with E-state index in [0.717, 1.165) is 0 Å². The monoisotopic (exact) mass is 314 g/mol. The number of nitrogen functional groups attached to an aromatic ring is 1. The van der Waals surface area contributed by atoms with Gasteiger partial charge in [0.15, 0.2) is 17.4 Å². The third-order valence-electron chi connectivity index (χ3n) is 2.29. The molecule has 0 bridgehead atoms. The van der Waals surface area contributed by atoms with Crippen LogP contribution in [0, 0.1) is 5.82 Å². The smallest absolute Gasteiger partial charge is 0.210 e. The average molecular weight is 315 g/mol. The highest BCUT2D eigenvalue weighted by atomic mass is 35.5. The van der Waals surface area contributed by atoms with Gasteiger partial charge in [0, 0.05) is 10.8 Å². The van der Waals surface area contributed by atoms with Crippen molar-refractivity contribution in [2.45, 2.75) is 11.8 Å². The zero-order valence-electron chi connectivity index (χ0n) is 10.4. The second-order valence-electron chi connectivity index (χ2n) is 3.79. The normalized spacial score (nSPS) is 10.5. The number of halogens is 2. The van der Waals surface area contributed by atoms with Crippen LogP contribution in [0.1, 0.15) is 5.82 Å². The van der Waals surface area contributed by atoms with Gasteiger partial charge in [0.05, 0.1) is 0 Å². The van der Waals surface area contributed by atoms with E-state index in [1.807, 2.05) is 0 Å². The molecule has 0 aliphatic carbocycles. The van der Waals surface area contributed by atoms with Crippen LogP contribution < -0.4 is 10.6 Å². The molecule has 5 nitrogen and oxygen atoms in total. The Morgan fingerprint density at radius 3 is 2.90 bits per heavy atom. The minimum Gasteiger partial charge on any atom is -0.482 e. The van der Waals surface area contributed by atoms with Crippen LogP contribution in [0.15, 0.2) is 41.0 Å². The van der Waals surface area contributed by atoms with Gasteiger partial charge in [-0.25, -0.2) is 9.07 Å². The van der Waals surface area contributed by atoms with Gasteiger partial charge in [0.2, 0.25) is 5.16 Å². The third-order valence-corrected chi connectivity index (χ3v) is 3.61. The van der Waals surface area contributed by atoms with Crippen molar-refractivity contribution < 1.29 is 9.13 Å². The molecule has 1 aromatic heterocycles. The van der Waals surface area contributed by atoms with Crippen LogP contribution in [0.5, 0.6) is 5.75 Å². The lowest BCUT2D eigenvalue weighted by Crippen LogP contribution is -2.16. The van der Waals surface area contributed by atoms with Crippen molar-refractivity contribution in [2.24, 2.45) is 0 Å². The van der Waals surface area contributed by atoms with Crippen LogP contribution in [0.4, 0.5) is 4.39 Å². The summed E-state index contributed by atoms with van der Waals surface area (Å²) in [5.41, 5.74) is 0. The number of thioether (sulfide) groups is 1. The molecule has 0 aliphatic rings. The molecule has 1 heterocycles. The van der Waals surface area contributed by atoms with E-state index in [1.54, 1.807) is 12.1 Å². The fourth-order valence-electron chi connectivity index (χ4n) is 1.35. The van der Waals surface area contributed by atoms with Crippen molar-refractivity contribution in [2.75, 3.05) is 11.6 Å².